The molecule has 0 saturated heterocycles. The van der Waals surface area contributed by atoms with Crippen LogP contribution in [0.15, 0.2) is 72.9 Å². The van der Waals surface area contributed by atoms with Crippen molar-refractivity contribution >= 4 is 23.3 Å². The summed E-state index contributed by atoms with van der Waals surface area (Å²) >= 11 is 0. The predicted octanol–water partition coefficient (Wildman–Crippen LogP) is 4.27. The first kappa shape index (κ1) is 20.1. The van der Waals surface area contributed by atoms with E-state index in [0.717, 1.165) is 5.56 Å². The molecule has 1 heterocycles. The van der Waals surface area contributed by atoms with Crippen molar-refractivity contribution in [3.05, 3.63) is 89.7 Å². The number of aromatic nitrogens is 1. The van der Waals surface area contributed by atoms with Crippen molar-refractivity contribution in [2.75, 3.05) is 19.0 Å². The Morgan fingerprint density at radius 3 is 2.41 bits per heavy atom. The molecule has 0 unspecified atom stereocenters. The number of carbonyl (C=O) groups is 2. The third-order valence-electron chi connectivity index (χ3n) is 4.29. The molecular weight excluding hydrogens is 366 g/mol. The number of nitrogens with zero attached hydrogens (tertiary/aromatic N) is 2. The molecule has 1 aromatic heterocycles. The average molecular weight is 389 g/mol. The molecule has 1 N–H and O–H groups in total. The van der Waals surface area contributed by atoms with Crippen molar-refractivity contribution in [2.45, 2.75) is 13.5 Å². The van der Waals surface area contributed by atoms with Gasteiger partial charge < -0.3 is 15.0 Å². The molecule has 2 aromatic carbocycles. The van der Waals surface area contributed by atoms with E-state index < -0.39 is 5.97 Å². The standard InChI is InChI=1S/C23H23N3O3/c1-3-29-23(28)19-11-7-8-12-20(19)25-18-13-14-21(24-15-18)22(27)26(2)16-17-9-5-4-6-10-17/h4-15,25H,3,16H2,1-2H3. The summed E-state index contributed by atoms with van der Waals surface area (Å²) in [5, 5.41) is 3.16. The Kier molecular flexibility index (Phi) is 6.58. The zero-order chi connectivity index (χ0) is 20.6. The molecule has 0 spiro atoms. The highest BCUT2D eigenvalue weighted by Gasteiger charge is 2.15. The van der Waals surface area contributed by atoms with Crippen LogP contribution in [0, 0.1) is 0 Å². The Morgan fingerprint density at radius 2 is 1.72 bits per heavy atom. The van der Waals surface area contributed by atoms with Gasteiger partial charge in [-0.3, -0.25) is 4.79 Å². The quantitative estimate of drug-likeness (QED) is 0.611. The van der Waals surface area contributed by atoms with E-state index in [4.69, 9.17) is 4.74 Å². The SMILES string of the molecule is CCOC(=O)c1ccccc1Nc1ccc(C(=O)N(C)Cc2ccccc2)nc1. The lowest BCUT2D eigenvalue weighted by atomic mass is 10.1. The van der Waals surface area contributed by atoms with Crippen molar-refractivity contribution < 1.29 is 14.3 Å². The minimum Gasteiger partial charge on any atom is -0.462 e. The molecule has 29 heavy (non-hydrogen) atoms. The second-order valence-electron chi connectivity index (χ2n) is 6.47. The maximum atomic E-state index is 12.6. The van der Waals surface area contributed by atoms with E-state index in [9.17, 15) is 9.59 Å². The number of para-hydroxylation sites is 1. The minimum atomic E-state index is -0.391. The van der Waals surface area contributed by atoms with Gasteiger partial charge in [0.2, 0.25) is 0 Å². The summed E-state index contributed by atoms with van der Waals surface area (Å²) in [6, 6.07) is 20.3. The van der Waals surface area contributed by atoms with Gasteiger partial charge in [0, 0.05) is 13.6 Å². The lowest BCUT2D eigenvalue weighted by molar-refractivity contribution is 0.0527. The van der Waals surface area contributed by atoms with Crippen molar-refractivity contribution in [3.63, 3.8) is 0 Å². The smallest absolute Gasteiger partial charge is 0.340 e. The Bertz CT molecular complexity index is 972. The number of amides is 1. The van der Waals surface area contributed by atoms with E-state index in [-0.39, 0.29) is 5.91 Å². The number of esters is 1. The summed E-state index contributed by atoms with van der Waals surface area (Å²) in [7, 11) is 1.75. The van der Waals surface area contributed by atoms with E-state index in [1.54, 1.807) is 55.4 Å². The normalized spacial score (nSPS) is 10.3. The lowest BCUT2D eigenvalue weighted by Crippen LogP contribution is -2.26. The van der Waals surface area contributed by atoms with Crippen LogP contribution in [-0.2, 0) is 11.3 Å². The second kappa shape index (κ2) is 9.50. The molecule has 0 saturated carbocycles. The van der Waals surface area contributed by atoms with Crippen LogP contribution < -0.4 is 5.32 Å². The highest BCUT2D eigenvalue weighted by atomic mass is 16.5. The van der Waals surface area contributed by atoms with Crippen LogP contribution in [0.2, 0.25) is 0 Å². The summed E-state index contributed by atoms with van der Waals surface area (Å²) in [6.07, 6.45) is 1.57. The van der Waals surface area contributed by atoms with Gasteiger partial charge >= 0.3 is 5.97 Å². The van der Waals surface area contributed by atoms with Crippen LogP contribution in [0.4, 0.5) is 11.4 Å². The number of rotatable bonds is 7. The van der Waals surface area contributed by atoms with E-state index in [1.165, 1.54) is 0 Å². The number of anilines is 2. The highest BCUT2D eigenvalue weighted by Crippen LogP contribution is 2.21. The second-order valence-corrected chi connectivity index (χ2v) is 6.47. The number of pyridine rings is 1. The Hall–Kier alpha value is -3.67. The van der Waals surface area contributed by atoms with Gasteiger partial charge in [0.05, 0.1) is 29.7 Å². The number of hydrogen-bond donors (Lipinski definition) is 1. The van der Waals surface area contributed by atoms with Gasteiger partial charge in [-0.15, -0.1) is 0 Å². The van der Waals surface area contributed by atoms with Gasteiger partial charge in [-0.05, 0) is 36.8 Å². The summed E-state index contributed by atoms with van der Waals surface area (Å²) in [5.74, 6) is -0.551. The van der Waals surface area contributed by atoms with E-state index in [1.807, 2.05) is 36.4 Å². The molecular formula is C23H23N3O3. The predicted molar refractivity (Wildman–Crippen MR) is 112 cm³/mol. The molecule has 0 fully saturated rings. The molecule has 6 heteroatoms. The van der Waals surface area contributed by atoms with Crippen LogP contribution in [-0.4, -0.2) is 35.4 Å². The van der Waals surface area contributed by atoms with Crippen molar-refractivity contribution in [2.24, 2.45) is 0 Å². The first-order chi connectivity index (χ1) is 14.1. The molecule has 1 amide bonds. The van der Waals surface area contributed by atoms with Crippen LogP contribution in [0.3, 0.4) is 0 Å². The third-order valence-corrected chi connectivity index (χ3v) is 4.29. The first-order valence-corrected chi connectivity index (χ1v) is 9.37. The summed E-state index contributed by atoms with van der Waals surface area (Å²) < 4.78 is 5.09. The van der Waals surface area contributed by atoms with Gasteiger partial charge in [-0.2, -0.15) is 0 Å². The first-order valence-electron chi connectivity index (χ1n) is 9.37. The molecule has 0 atom stereocenters. The van der Waals surface area contributed by atoms with Gasteiger partial charge in [0.15, 0.2) is 0 Å². The van der Waals surface area contributed by atoms with Crippen LogP contribution in [0.1, 0.15) is 33.3 Å². The monoisotopic (exact) mass is 389 g/mol. The fraction of sp³-hybridized carbons (Fsp3) is 0.174. The maximum absolute atomic E-state index is 12.6. The number of carbonyl (C=O) groups excluding carboxylic acids is 2. The van der Waals surface area contributed by atoms with E-state index >= 15 is 0 Å². The fourth-order valence-corrected chi connectivity index (χ4v) is 2.85. The minimum absolute atomic E-state index is 0.160. The van der Waals surface area contributed by atoms with Crippen molar-refractivity contribution in [1.29, 1.82) is 0 Å². The van der Waals surface area contributed by atoms with E-state index in [0.29, 0.717) is 35.8 Å². The van der Waals surface area contributed by atoms with Gasteiger partial charge in [0.25, 0.3) is 5.91 Å². The number of hydrogen-bond acceptors (Lipinski definition) is 5. The maximum Gasteiger partial charge on any atom is 0.340 e. The number of nitrogens with one attached hydrogen (secondary N) is 1. The lowest BCUT2D eigenvalue weighted by Gasteiger charge is -2.17. The highest BCUT2D eigenvalue weighted by molar-refractivity contribution is 5.96. The molecule has 3 aromatic rings. The Balaban J connectivity index is 1.69. The Morgan fingerprint density at radius 1 is 1.00 bits per heavy atom. The van der Waals surface area contributed by atoms with Crippen LogP contribution >= 0.6 is 0 Å². The van der Waals surface area contributed by atoms with Gasteiger partial charge in [-0.25, -0.2) is 9.78 Å². The zero-order valence-electron chi connectivity index (χ0n) is 16.5. The molecule has 0 aliphatic heterocycles. The summed E-state index contributed by atoms with van der Waals surface area (Å²) in [6.45, 7) is 2.58. The summed E-state index contributed by atoms with van der Waals surface area (Å²) in [5.41, 5.74) is 3.14. The molecule has 0 bridgehead atoms. The molecule has 0 aliphatic rings. The van der Waals surface area contributed by atoms with Gasteiger partial charge in [-0.1, -0.05) is 42.5 Å². The van der Waals surface area contributed by atoms with Gasteiger partial charge in [0.1, 0.15) is 5.69 Å². The van der Waals surface area contributed by atoms with Crippen LogP contribution in [0.5, 0.6) is 0 Å². The third kappa shape index (κ3) is 5.19. The topological polar surface area (TPSA) is 71.5 Å². The van der Waals surface area contributed by atoms with Crippen molar-refractivity contribution in [3.8, 4) is 0 Å². The zero-order valence-corrected chi connectivity index (χ0v) is 16.5. The molecule has 3 rings (SSSR count). The van der Waals surface area contributed by atoms with E-state index in [2.05, 4.69) is 10.3 Å². The average Bonchev–Trinajstić information content (AvgIpc) is 2.75. The number of benzene rings is 2. The fourth-order valence-electron chi connectivity index (χ4n) is 2.85. The van der Waals surface area contributed by atoms with Crippen LogP contribution in [0.25, 0.3) is 0 Å². The Labute approximate surface area is 170 Å². The molecule has 6 nitrogen and oxygen atoms in total. The molecule has 0 aliphatic carbocycles. The van der Waals surface area contributed by atoms with Crippen molar-refractivity contribution in [1.82, 2.24) is 9.88 Å². The molecule has 0 radical (unpaired) electrons. The number of ether oxygens (including phenoxy) is 1. The molecule has 148 valence electrons. The summed E-state index contributed by atoms with van der Waals surface area (Å²) in [4.78, 5) is 30.6. The largest absolute Gasteiger partial charge is 0.462 e.